The normalized spacial score (nSPS) is 17.2. The number of benzene rings is 1. The maximum absolute atomic E-state index is 6.16. The summed E-state index contributed by atoms with van der Waals surface area (Å²) in [7, 11) is 0. The van der Waals surface area contributed by atoms with Crippen LogP contribution in [-0.4, -0.2) is 10.1 Å². The Morgan fingerprint density at radius 1 is 1.21 bits per heavy atom. The van der Waals surface area contributed by atoms with Crippen LogP contribution in [0.1, 0.15) is 36.5 Å². The Labute approximate surface area is 117 Å². The zero-order chi connectivity index (χ0) is 13.3. The van der Waals surface area contributed by atoms with Crippen LogP contribution in [-0.2, 0) is 18.4 Å². The fraction of sp³-hybridized carbons (Fsp3) is 0.429. The zero-order valence-corrected chi connectivity index (χ0v) is 11.4. The van der Waals surface area contributed by atoms with Crippen LogP contribution in [0.2, 0.25) is 5.02 Å². The number of rotatable bonds is 4. The molecule has 1 aromatic heterocycles. The molecule has 0 atom stereocenters. The van der Waals surface area contributed by atoms with E-state index in [2.05, 4.69) is 10.1 Å². The lowest BCUT2D eigenvalue weighted by Gasteiger charge is -2.34. The lowest BCUT2D eigenvalue weighted by molar-refractivity contribution is 0.229. The van der Waals surface area contributed by atoms with Gasteiger partial charge >= 0.3 is 0 Å². The van der Waals surface area contributed by atoms with Crippen molar-refractivity contribution in [1.29, 1.82) is 0 Å². The van der Waals surface area contributed by atoms with Crippen molar-refractivity contribution in [2.45, 2.75) is 37.6 Å². The van der Waals surface area contributed by atoms with E-state index in [1.165, 1.54) is 5.56 Å². The van der Waals surface area contributed by atoms with E-state index >= 15 is 0 Å². The average molecular weight is 278 g/mol. The molecular formula is C14H16ClN3O. The minimum absolute atomic E-state index is 0.345. The molecule has 0 spiro atoms. The summed E-state index contributed by atoms with van der Waals surface area (Å²) in [5, 5.41) is 4.75. The van der Waals surface area contributed by atoms with Gasteiger partial charge in [0.25, 0.3) is 0 Å². The van der Waals surface area contributed by atoms with Crippen molar-refractivity contribution in [3.05, 3.63) is 46.6 Å². The Bertz CT molecular complexity index is 560. The minimum Gasteiger partial charge on any atom is -0.339 e. The summed E-state index contributed by atoms with van der Waals surface area (Å²) >= 11 is 5.85. The number of hydrogen-bond donors (Lipinski definition) is 1. The topological polar surface area (TPSA) is 64.9 Å². The first-order chi connectivity index (χ1) is 9.16. The van der Waals surface area contributed by atoms with E-state index in [1.807, 2.05) is 24.3 Å². The van der Waals surface area contributed by atoms with Gasteiger partial charge in [-0.3, -0.25) is 0 Å². The molecular weight excluding hydrogens is 262 g/mol. The van der Waals surface area contributed by atoms with E-state index in [1.54, 1.807) is 0 Å². The predicted molar refractivity (Wildman–Crippen MR) is 72.9 cm³/mol. The van der Waals surface area contributed by atoms with Crippen LogP contribution in [0.3, 0.4) is 0 Å². The van der Waals surface area contributed by atoms with Crippen LogP contribution in [0.4, 0.5) is 0 Å². The molecule has 0 amide bonds. The molecule has 2 aromatic rings. The molecule has 5 heteroatoms. The molecule has 0 saturated heterocycles. The summed E-state index contributed by atoms with van der Waals surface area (Å²) in [6.45, 7) is 0. The molecule has 100 valence electrons. The van der Waals surface area contributed by atoms with Crippen LogP contribution < -0.4 is 5.73 Å². The van der Waals surface area contributed by atoms with Gasteiger partial charge in [0.2, 0.25) is 5.89 Å². The first kappa shape index (κ1) is 12.6. The second kappa shape index (κ2) is 4.94. The Hall–Kier alpha value is -1.39. The molecule has 0 aliphatic heterocycles. The SMILES string of the molecule is NC1(c2noc(CCc3ccc(Cl)cc3)n2)CCC1. The van der Waals surface area contributed by atoms with Gasteiger partial charge in [0.05, 0.1) is 5.54 Å². The van der Waals surface area contributed by atoms with Gasteiger partial charge in [-0.25, -0.2) is 0 Å². The monoisotopic (exact) mass is 277 g/mol. The number of nitrogens with two attached hydrogens (primary N) is 1. The van der Waals surface area contributed by atoms with Crippen LogP contribution in [0.5, 0.6) is 0 Å². The van der Waals surface area contributed by atoms with Gasteiger partial charge in [0, 0.05) is 11.4 Å². The Balaban J connectivity index is 1.63. The second-order valence-electron chi connectivity index (χ2n) is 5.15. The minimum atomic E-state index is -0.345. The van der Waals surface area contributed by atoms with Crippen molar-refractivity contribution in [2.75, 3.05) is 0 Å². The maximum atomic E-state index is 6.16. The molecule has 0 radical (unpaired) electrons. The van der Waals surface area contributed by atoms with Crippen LogP contribution in [0, 0.1) is 0 Å². The molecule has 1 aliphatic rings. The van der Waals surface area contributed by atoms with E-state index in [0.29, 0.717) is 11.7 Å². The molecule has 1 heterocycles. The van der Waals surface area contributed by atoms with Crippen molar-refractivity contribution in [3.8, 4) is 0 Å². The summed E-state index contributed by atoms with van der Waals surface area (Å²) in [5.74, 6) is 1.31. The van der Waals surface area contributed by atoms with Gasteiger partial charge < -0.3 is 10.3 Å². The van der Waals surface area contributed by atoms with E-state index < -0.39 is 0 Å². The lowest BCUT2D eigenvalue weighted by Crippen LogP contribution is -2.44. The van der Waals surface area contributed by atoms with Crippen LogP contribution >= 0.6 is 11.6 Å². The Kier molecular flexibility index (Phi) is 3.29. The molecule has 19 heavy (non-hydrogen) atoms. The largest absolute Gasteiger partial charge is 0.339 e. The van der Waals surface area contributed by atoms with Crippen molar-refractivity contribution >= 4 is 11.6 Å². The third kappa shape index (κ3) is 2.65. The molecule has 4 nitrogen and oxygen atoms in total. The molecule has 0 bridgehead atoms. The predicted octanol–water partition coefficient (Wildman–Crippen LogP) is 2.85. The number of hydrogen-bond acceptors (Lipinski definition) is 4. The second-order valence-corrected chi connectivity index (χ2v) is 5.58. The average Bonchev–Trinajstić information content (AvgIpc) is 2.84. The van der Waals surface area contributed by atoms with E-state index in [9.17, 15) is 0 Å². The van der Waals surface area contributed by atoms with Gasteiger partial charge in [-0.1, -0.05) is 28.9 Å². The highest BCUT2D eigenvalue weighted by atomic mass is 35.5. The Morgan fingerprint density at radius 3 is 2.58 bits per heavy atom. The van der Waals surface area contributed by atoms with Gasteiger partial charge in [-0.15, -0.1) is 0 Å². The number of halogens is 1. The fourth-order valence-corrected chi connectivity index (χ4v) is 2.37. The van der Waals surface area contributed by atoms with Crippen LogP contribution in [0.25, 0.3) is 0 Å². The summed E-state index contributed by atoms with van der Waals surface area (Å²) in [4.78, 5) is 4.41. The Morgan fingerprint density at radius 2 is 1.95 bits per heavy atom. The quantitative estimate of drug-likeness (QED) is 0.933. The van der Waals surface area contributed by atoms with Gasteiger partial charge in [-0.05, 0) is 43.4 Å². The summed E-state index contributed by atoms with van der Waals surface area (Å²) in [6, 6.07) is 7.80. The van der Waals surface area contributed by atoms with Gasteiger partial charge in [0.1, 0.15) is 0 Å². The molecule has 1 fully saturated rings. The lowest BCUT2D eigenvalue weighted by atomic mass is 9.77. The highest BCUT2D eigenvalue weighted by Gasteiger charge is 2.38. The molecule has 0 unspecified atom stereocenters. The standard InChI is InChI=1S/C14H16ClN3O/c15-11-5-2-10(3-6-11)4-7-12-17-13(18-19-12)14(16)8-1-9-14/h2-3,5-6H,1,4,7-9,16H2. The smallest absolute Gasteiger partial charge is 0.227 e. The van der Waals surface area contributed by atoms with E-state index in [0.717, 1.165) is 37.1 Å². The third-order valence-electron chi connectivity index (χ3n) is 3.70. The number of nitrogens with zero attached hydrogens (tertiary/aromatic N) is 2. The van der Waals surface area contributed by atoms with Gasteiger partial charge in [0.15, 0.2) is 5.82 Å². The van der Waals surface area contributed by atoms with Crippen LogP contribution in [0.15, 0.2) is 28.8 Å². The summed E-state index contributed by atoms with van der Waals surface area (Å²) in [6.07, 6.45) is 4.62. The highest BCUT2D eigenvalue weighted by molar-refractivity contribution is 6.30. The fourth-order valence-electron chi connectivity index (χ4n) is 2.24. The summed E-state index contributed by atoms with van der Waals surface area (Å²) in [5.41, 5.74) is 7.02. The van der Waals surface area contributed by atoms with Crippen molar-refractivity contribution in [2.24, 2.45) is 5.73 Å². The molecule has 3 rings (SSSR count). The third-order valence-corrected chi connectivity index (χ3v) is 3.95. The van der Waals surface area contributed by atoms with E-state index in [-0.39, 0.29) is 5.54 Å². The number of aryl methyl sites for hydroxylation is 2. The maximum Gasteiger partial charge on any atom is 0.227 e. The molecule has 1 aliphatic carbocycles. The molecule has 1 saturated carbocycles. The first-order valence-electron chi connectivity index (χ1n) is 6.52. The van der Waals surface area contributed by atoms with Gasteiger partial charge in [-0.2, -0.15) is 4.98 Å². The first-order valence-corrected chi connectivity index (χ1v) is 6.90. The molecule has 1 aromatic carbocycles. The van der Waals surface area contributed by atoms with E-state index in [4.69, 9.17) is 21.9 Å². The van der Waals surface area contributed by atoms with Crippen molar-refractivity contribution in [1.82, 2.24) is 10.1 Å². The highest BCUT2D eigenvalue weighted by Crippen LogP contribution is 2.36. The molecule has 2 N–H and O–H groups in total. The summed E-state index contributed by atoms with van der Waals surface area (Å²) < 4.78 is 5.26. The zero-order valence-electron chi connectivity index (χ0n) is 10.6. The number of aromatic nitrogens is 2. The van der Waals surface area contributed by atoms with Crippen molar-refractivity contribution in [3.63, 3.8) is 0 Å². The van der Waals surface area contributed by atoms with Crippen molar-refractivity contribution < 1.29 is 4.52 Å².